The highest BCUT2D eigenvalue weighted by Crippen LogP contribution is 2.49. The van der Waals surface area contributed by atoms with E-state index >= 15 is 0 Å². The first kappa shape index (κ1) is 72.2. The van der Waals surface area contributed by atoms with Gasteiger partial charge < -0.3 is 19.6 Å². The molecule has 8 aliphatic heterocycles. The largest absolute Gasteiger partial charge is 0.312 e. The van der Waals surface area contributed by atoms with Crippen LogP contribution in [-0.2, 0) is 0 Å². The van der Waals surface area contributed by atoms with Crippen LogP contribution in [-0.4, -0.2) is 26.9 Å². The third-order valence-electron chi connectivity index (χ3n) is 26.4. The van der Waals surface area contributed by atoms with Gasteiger partial charge in [0.25, 0.3) is 0 Å². The molecule has 0 unspecified atom stereocenters. The van der Waals surface area contributed by atoms with Gasteiger partial charge in [-0.1, -0.05) is 402 Å². The molecule has 123 heavy (non-hydrogen) atoms. The Morgan fingerprint density at radius 2 is 0.455 bits per heavy atom. The Kier molecular flexibility index (Phi) is 17.5. The Morgan fingerprint density at radius 3 is 0.967 bits per heavy atom. The summed E-state index contributed by atoms with van der Waals surface area (Å²) in [5.41, 5.74) is 50.2. The lowest BCUT2D eigenvalue weighted by atomic mass is 9.37. The molecule has 0 atom stereocenters. The summed E-state index contributed by atoms with van der Waals surface area (Å²) in [6.45, 7) is 1.13. The lowest BCUT2D eigenvalue weighted by Gasteiger charge is -2.37. The first-order valence-electron chi connectivity index (χ1n) is 42.7. The first-order chi connectivity index (χ1) is 61.1. The maximum Gasteiger partial charge on any atom is 0.248 e. The number of fused-ring (bicyclic) bond motifs is 20. The van der Waals surface area contributed by atoms with Gasteiger partial charge in [-0.3, -0.25) is 0 Å². The molecule has 0 bridgehead atoms. The van der Waals surface area contributed by atoms with Crippen LogP contribution in [0.4, 0.5) is 68.2 Å². The lowest BCUT2D eigenvalue weighted by Crippen LogP contribution is -2.54. The molecule has 0 radical (unpaired) electrons. The van der Waals surface area contributed by atoms with Crippen LogP contribution in [0, 0.1) is 0 Å². The molecule has 570 valence electrons. The molecular formula is C114H75B4BrN4. The summed E-state index contributed by atoms with van der Waals surface area (Å²) in [6.07, 6.45) is 0. The highest BCUT2D eigenvalue weighted by atomic mass is 79.9. The summed E-state index contributed by atoms with van der Waals surface area (Å²) in [4.78, 5) is 9.80. The molecule has 8 aliphatic rings. The Bertz CT molecular complexity index is 7370. The smallest absolute Gasteiger partial charge is 0.248 e. The molecular weight excluding hydrogens is 1550 g/mol. The standard InChI is InChI=1S/3C30H20BN.C24H15BBrN/c1-3-11-21(12-4-1)23-19-20-25-24-15-7-8-16-26(24)31-27-17-9-10-18-28(27)32(30(23)29(25)31)22-13-5-2-6-14-22;1-2-11-21(12-3-1)22-13-5-8-18-27(22)32-28-19-9-7-17-26(28)31-25-16-6-4-14-23(25)24-15-10-20-29(32)30(24)31;1-2-10-21(11-3-1)22-12-8-13-23(20-22)32-28-18-7-6-17-27(28)31-26-16-5-4-14-24(26)25-15-9-19-29(32)30(25)31;26-20-13-7-12-19-23(20)17-10-6-15-22-24(17)25(19)18-11-4-5-14-21(18)27(22)16-8-2-1-3-9-16/h3*1-20H;1-15H. The Labute approximate surface area is 728 Å². The van der Waals surface area contributed by atoms with Crippen molar-refractivity contribution in [1.29, 1.82) is 0 Å². The molecule has 9 heteroatoms. The zero-order valence-electron chi connectivity index (χ0n) is 67.3. The number of rotatable bonds is 7. The van der Waals surface area contributed by atoms with Crippen LogP contribution in [0.25, 0.3) is 77.9 Å². The van der Waals surface area contributed by atoms with E-state index < -0.39 is 0 Å². The summed E-state index contributed by atoms with van der Waals surface area (Å²) in [5, 5.41) is 0. The molecule has 0 amide bonds. The van der Waals surface area contributed by atoms with Crippen LogP contribution < -0.4 is 85.2 Å². The maximum absolute atomic E-state index is 3.81. The van der Waals surface area contributed by atoms with Gasteiger partial charge in [-0.15, -0.1) is 0 Å². The van der Waals surface area contributed by atoms with E-state index in [0.717, 1.165) is 0 Å². The number of benzene rings is 19. The van der Waals surface area contributed by atoms with Gasteiger partial charge in [0.15, 0.2) is 0 Å². The van der Waals surface area contributed by atoms with E-state index in [1.807, 2.05) is 0 Å². The molecule has 0 saturated carbocycles. The zero-order valence-corrected chi connectivity index (χ0v) is 68.9. The Morgan fingerprint density at radius 1 is 0.163 bits per heavy atom. The van der Waals surface area contributed by atoms with Gasteiger partial charge in [0.05, 0.1) is 5.69 Å². The van der Waals surface area contributed by atoms with Gasteiger partial charge in [0.1, 0.15) is 0 Å². The van der Waals surface area contributed by atoms with Gasteiger partial charge in [0.2, 0.25) is 26.9 Å². The number of para-hydroxylation sites is 7. The molecule has 0 aliphatic carbocycles. The zero-order chi connectivity index (χ0) is 81.2. The maximum atomic E-state index is 3.81. The van der Waals surface area contributed by atoms with E-state index in [1.54, 1.807) is 0 Å². The minimum Gasteiger partial charge on any atom is -0.312 e. The average Bonchev–Trinajstić information content (AvgIpc) is 1.57. The highest BCUT2D eigenvalue weighted by Gasteiger charge is 2.48. The molecule has 0 fully saturated rings. The number of halogens is 1. The Hall–Kier alpha value is -14.9. The summed E-state index contributed by atoms with van der Waals surface area (Å²) in [5.74, 6) is 0. The fraction of sp³-hybridized carbons (Fsp3) is 0. The van der Waals surface area contributed by atoms with Crippen LogP contribution in [0.2, 0.25) is 0 Å². The molecule has 0 aromatic heterocycles. The second kappa shape index (κ2) is 29.8. The third-order valence-corrected chi connectivity index (χ3v) is 27.0. The predicted molar refractivity (Wildman–Crippen MR) is 529 cm³/mol. The summed E-state index contributed by atoms with van der Waals surface area (Å²) >= 11 is 3.81. The molecule has 8 heterocycles. The van der Waals surface area contributed by atoms with Gasteiger partial charge >= 0.3 is 0 Å². The van der Waals surface area contributed by atoms with Gasteiger partial charge in [-0.2, -0.15) is 0 Å². The number of hydrogen-bond acceptors (Lipinski definition) is 4. The minimum atomic E-state index is 0.260. The van der Waals surface area contributed by atoms with Crippen molar-refractivity contribution in [2.45, 2.75) is 0 Å². The molecule has 19 aromatic carbocycles. The molecule has 4 nitrogen and oxygen atoms in total. The molecule has 19 aromatic rings. The van der Waals surface area contributed by atoms with E-state index in [9.17, 15) is 0 Å². The van der Waals surface area contributed by atoms with Crippen LogP contribution in [0.15, 0.2) is 459 Å². The molecule has 27 rings (SSSR count). The summed E-state index contributed by atoms with van der Waals surface area (Å²) < 4.78 is 1.17. The third kappa shape index (κ3) is 11.6. The SMILES string of the molecule is Brc1cccc2c1-c1cccc3c1B2c1ccccc1N3c1ccccc1.c1ccc(-c2ccc3c4c2N(c2ccccc2)c2ccccc2B4c2ccccc2-3)cc1.c1ccc(-c2cccc(N3c4ccccc4B4c5ccccc5-c5cccc3c54)c2)cc1.c1ccc(-c2ccccc2N2c3ccccc3B3c4ccccc4-c4cccc2c43)cc1. The predicted octanol–water partition coefficient (Wildman–Crippen LogP) is 21.6. The number of hydrogen-bond donors (Lipinski definition) is 0. The van der Waals surface area contributed by atoms with Crippen LogP contribution in [0.5, 0.6) is 0 Å². The van der Waals surface area contributed by atoms with E-state index in [0.29, 0.717) is 13.4 Å². The Balaban J connectivity index is 0.0000000926. The monoisotopic (exact) mass is 1620 g/mol. The second-order valence-electron chi connectivity index (χ2n) is 32.7. The van der Waals surface area contributed by atoms with Crippen molar-refractivity contribution in [1.82, 2.24) is 0 Å². The fourth-order valence-electron chi connectivity index (χ4n) is 21.5. The van der Waals surface area contributed by atoms with E-state index in [1.165, 1.54) is 216 Å². The normalized spacial score (nSPS) is 13.0. The van der Waals surface area contributed by atoms with Crippen molar-refractivity contribution in [3.8, 4) is 77.9 Å². The quantitative estimate of drug-likeness (QED) is 0.147. The molecule has 0 spiro atoms. The van der Waals surface area contributed by atoms with Crippen molar-refractivity contribution in [3.63, 3.8) is 0 Å². The first-order valence-corrected chi connectivity index (χ1v) is 43.5. The van der Waals surface area contributed by atoms with Crippen LogP contribution in [0.3, 0.4) is 0 Å². The molecule has 0 saturated heterocycles. The summed E-state index contributed by atoms with van der Waals surface area (Å²) in [6, 6.07) is 165. The van der Waals surface area contributed by atoms with E-state index in [2.05, 4.69) is 491 Å². The van der Waals surface area contributed by atoms with E-state index in [-0.39, 0.29) is 13.4 Å². The number of nitrogens with zero attached hydrogens (tertiary/aromatic N) is 4. The van der Waals surface area contributed by atoms with Crippen molar-refractivity contribution >= 4 is 177 Å². The fourth-order valence-corrected chi connectivity index (χ4v) is 22.1. The minimum absolute atomic E-state index is 0.260. The van der Waals surface area contributed by atoms with Crippen LogP contribution >= 0.6 is 15.9 Å². The van der Waals surface area contributed by atoms with Gasteiger partial charge in [0, 0.05) is 78.2 Å². The van der Waals surface area contributed by atoms with Crippen molar-refractivity contribution in [3.05, 3.63) is 459 Å². The van der Waals surface area contributed by atoms with Crippen molar-refractivity contribution < 1.29 is 0 Å². The van der Waals surface area contributed by atoms with Gasteiger partial charge in [-0.05, 0) is 201 Å². The second-order valence-corrected chi connectivity index (χ2v) is 33.6. The average molecular weight is 1620 g/mol. The van der Waals surface area contributed by atoms with Gasteiger partial charge in [-0.25, -0.2) is 0 Å². The topological polar surface area (TPSA) is 13.0 Å². The molecule has 0 N–H and O–H groups in total. The van der Waals surface area contributed by atoms with Crippen LogP contribution in [0.1, 0.15) is 0 Å². The number of anilines is 12. The highest BCUT2D eigenvalue weighted by molar-refractivity contribution is 9.10. The van der Waals surface area contributed by atoms with Crippen molar-refractivity contribution in [2.75, 3.05) is 19.6 Å². The summed E-state index contributed by atoms with van der Waals surface area (Å²) in [7, 11) is 0. The lowest BCUT2D eigenvalue weighted by molar-refractivity contribution is 1.30. The van der Waals surface area contributed by atoms with E-state index in [4.69, 9.17) is 0 Å². The van der Waals surface area contributed by atoms with Crippen molar-refractivity contribution in [2.24, 2.45) is 0 Å².